The molecule has 8 heteroatoms. The molecule has 0 aliphatic carbocycles. The van der Waals surface area contributed by atoms with E-state index in [1.807, 2.05) is 13.8 Å². The van der Waals surface area contributed by atoms with Gasteiger partial charge in [0.05, 0.1) is 4.90 Å². The van der Waals surface area contributed by atoms with Gasteiger partial charge >= 0.3 is 0 Å². The van der Waals surface area contributed by atoms with Crippen molar-refractivity contribution in [3.05, 3.63) is 29.8 Å². The molecule has 1 fully saturated rings. The van der Waals surface area contributed by atoms with Crippen LogP contribution in [0.1, 0.15) is 63.7 Å². The van der Waals surface area contributed by atoms with Crippen LogP contribution >= 0.6 is 0 Å². The fourth-order valence-electron chi connectivity index (χ4n) is 3.35. The SMILES string of the molecule is CCCCN(CCCC)S(=O)(=O)c1ccc(C(=O)N2CCNC(=O)C2(C)C)cc1. The summed E-state index contributed by atoms with van der Waals surface area (Å²) in [5.41, 5.74) is -0.572. The zero-order chi connectivity index (χ0) is 21.7. The predicted molar refractivity (Wildman–Crippen MR) is 113 cm³/mol. The lowest BCUT2D eigenvalue weighted by Gasteiger charge is -2.41. The molecule has 1 N–H and O–H groups in total. The number of piperazine rings is 1. The van der Waals surface area contributed by atoms with Gasteiger partial charge in [-0.3, -0.25) is 9.59 Å². The molecule has 1 aromatic rings. The largest absolute Gasteiger partial charge is 0.352 e. The number of carbonyl (C=O) groups excluding carboxylic acids is 2. The van der Waals surface area contributed by atoms with Gasteiger partial charge in [0.15, 0.2) is 0 Å². The highest BCUT2D eigenvalue weighted by Crippen LogP contribution is 2.23. The van der Waals surface area contributed by atoms with E-state index in [0.717, 1.165) is 25.7 Å². The van der Waals surface area contributed by atoms with E-state index in [-0.39, 0.29) is 16.7 Å². The molecule has 1 aliphatic rings. The molecule has 162 valence electrons. The summed E-state index contributed by atoms with van der Waals surface area (Å²) < 4.78 is 27.6. The molecule has 1 saturated heterocycles. The van der Waals surface area contributed by atoms with Crippen LogP contribution < -0.4 is 5.32 Å². The van der Waals surface area contributed by atoms with Crippen LogP contribution in [0.5, 0.6) is 0 Å². The van der Waals surface area contributed by atoms with E-state index < -0.39 is 15.6 Å². The monoisotopic (exact) mass is 423 g/mol. The van der Waals surface area contributed by atoms with Gasteiger partial charge < -0.3 is 10.2 Å². The summed E-state index contributed by atoms with van der Waals surface area (Å²) in [6.45, 7) is 9.30. The van der Waals surface area contributed by atoms with Gasteiger partial charge in [0.2, 0.25) is 15.9 Å². The molecule has 0 radical (unpaired) electrons. The number of nitrogens with zero attached hydrogens (tertiary/aromatic N) is 2. The number of amides is 2. The van der Waals surface area contributed by atoms with Crippen LogP contribution in [0.25, 0.3) is 0 Å². The van der Waals surface area contributed by atoms with Crippen molar-refractivity contribution in [1.82, 2.24) is 14.5 Å². The van der Waals surface area contributed by atoms with Gasteiger partial charge in [0.1, 0.15) is 5.54 Å². The van der Waals surface area contributed by atoms with E-state index in [1.165, 1.54) is 33.5 Å². The average Bonchev–Trinajstić information content (AvgIpc) is 2.69. The van der Waals surface area contributed by atoms with Crippen molar-refractivity contribution in [1.29, 1.82) is 0 Å². The number of nitrogens with one attached hydrogen (secondary N) is 1. The molecule has 0 atom stereocenters. The molecule has 0 spiro atoms. The maximum atomic E-state index is 13.1. The third kappa shape index (κ3) is 5.17. The molecule has 0 bridgehead atoms. The molecule has 29 heavy (non-hydrogen) atoms. The Morgan fingerprint density at radius 1 is 1.10 bits per heavy atom. The van der Waals surface area contributed by atoms with E-state index in [1.54, 1.807) is 13.8 Å². The number of hydrogen-bond acceptors (Lipinski definition) is 4. The van der Waals surface area contributed by atoms with Crippen molar-refractivity contribution >= 4 is 21.8 Å². The van der Waals surface area contributed by atoms with Gasteiger partial charge in [-0.15, -0.1) is 0 Å². The normalized spacial score (nSPS) is 16.7. The Balaban J connectivity index is 2.23. The Bertz CT molecular complexity index is 811. The molecule has 0 unspecified atom stereocenters. The summed E-state index contributed by atoms with van der Waals surface area (Å²) in [5.74, 6) is -0.471. The quantitative estimate of drug-likeness (QED) is 0.661. The summed E-state index contributed by atoms with van der Waals surface area (Å²) in [7, 11) is -3.60. The van der Waals surface area contributed by atoms with Crippen molar-refractivity contribution in [2.24, 2.45) is 0 Å². The molecule has 0 aromatic heterocycles. The Morgan fingerprint density at radius 3 is 2.17 bits per heavy atom. The second kappa shape index (κ2) is 9.71. The Labute approximate surface area is 174 Å². The molecule has 2 rings (SSSR count). The number of carbonyl (C=O) groups is 2. The van der Waals surface area contributed by atoms with Crippen molar-refractivity contribution in [2.45, 2.75) is 63.8 Å². The maximum Gasteiger partial charge on any atom is 0.254 e. The minimum Gasteiger partial charge on any atom is -0.352 e. The van der Waals surface area contributed by atoms with Gasteiger partial charge in [-0.2, -0.15) is 4.31 Å². The summed E-state index contributed by atoms with van der Waals surface area (Å²) in [6, 6.07) is 6.06. The van der Waals surface area contributed by atoms with Crippen LogP contribution in [0.4, 0.5) is 0 Å². The third-order valence-electron chi connectivity index (χ3n) is 5.36. The van der Waals surface area contributed by atoms with Crippen molar-refractivity contribution in [2.75, 3.05) is 26.2 Å². The smallest absolute Gasteiger partial charge is 0.254 e. The fourth-order valence-corrected chi connectivity index (χ4v) is 4.87. The highest BCUT2D eigenvalue weighted by Gasteiger charge is 2.40. The first-order chi connectivity index (χ1) is 13.7. The van der Waals surface area contributed by atoms with E-state index in [2.05, 4.69) is 5.32 Å². The summed E-state index contributed by atoms with van der Waals surface area (Å²) >= 11 is 0. The highest BCUT2D eigenvalue weighted by molar-refractivity contribution is 7.89. The van der Waals surface area contributed by atoms with E-state index >= 15 is 0 Å². The lowest BCUT2D eigenvalue weighted by Crippen LogP contribution is -2.63. The van der Waals surface area contributed by atoms with E-state index in [4.69, 9.17) is 0 Å². The van der Waals surface area contributed by atoms with Crippen molar-refractivity contribution < 1.29 is 18.0 Å². The Morgan fingerprint density at radius 2 is 1.66 bits per heavy atom. The van der Waals surface area contributed by atoms with Gasteiger partial charge in [0, 0.05) is 31.7 Å². The van der Waals surface area contributed by atoms with E-state index in [9.17, 15) is 18.0 Å². The van der Waals surface area contributed by atoms with Crippen molar-refractivity contribution in [3.63, 3.8) is 0 Å². The average molecular weight is 424 g/mol. The topological polar surface area (TPSA) is 86.8 Å². The summed E-state index contributed by atoms with van der Waals surface area (Å²) in [4.78, 5) is 26.8. The summed E-state index contributed by atoms with van der Waals surface area (Å²) in [6.07, 6.45) is 3.47. The number of benzene rings is 1. The van der Waals surface area contributed by atoms with Crippen LogP contribution in [0.2, 0.25) is 0 Å². The number of rotatable bonds is 9. The van der Waals surface area contributed by atoms with Crippen LogP contribution in [0.15, 0.2) is 29.2 Å². The second-order valence-corrected chi connectivity index (χ2v) is 9.85. The van der Waals surface area contributed by atoms with Crippen LogP contribution in [-0.2, 0) is 14.8 Å². The van der Waals surface area contributed by atoms with Gasteiger partial charge in [0.25, 0.3) is 5.91 Å². The summed E-state index contributed by atoms with van der Waals surface area (Å²) in [5, 5.41) is 2.77. The van der Waals surface area contributed by atoms with Crippen LogP contribution in [0.3, 0.4) is 0 Å². The first-order valence-electron chi connectivity index (χ1n) is 10.4. The lowest BCUT2D eigenvalue weighted by molar-refractivity contribution is -0.133. The van der Waals surface area contributed by atoms with E-state index in [0.29, 0.717) is 31.7 Å². The van der Waals surface area contributed by atoms with Gasteiger partial charge in [-0.05, 0) is 51.0 Å². The number of unbranched alkanes of at least 4 members (excludes halogenated alkanes) is 2. The minimum absolute atomic E-state index is 0.192. The molecular formula is C21H33N3O4S. The molecule has 1 heterocycles. The van der Waals surface area contributed by atoms with Gasteiger partial charge in [-0.1, -0.05) is 26.7 Å². The predicted octanol–water partition coefficient (Wildman–Crippen LogP) is 2.63. The molecular weight excluding hydrogens is 390 g/mol. The molecule has 1 aliphatic heterocycles. The van der Waals surface area contributed by atoms with Crippen LogP contribution in [-0.4, -0.2) is 61.2 Å². The Hall–Kier alpha value is -1.93. The highest BCUT2D eigenvalue weighted by atomic mass is 32.2. The molecule has 1 aromatic carbocycles. The van der Waals surface area contributed by atoms with Gasteiger partial charge in [-0.25, -0.2) is 8.42 Å². The second-order valence-electron chi connectivity index (χ2n) is 7.91. The van der Waals surface area contributed by atoms with Crippen LogP contribution in [0, 0.1) is 0 Å². The molecule has 2 amide bonds. The Kier molecular flexibility index (Phi) is 7.82. The fraction of sp³-hybridized carbons (Fsp3) is 0.619. The zero-order valence-corrected chi connectivity index (χ0v) is 18.7. The number of sulfonamides is 1. The molecule has 7 nitrogen and oxygen atoms in total. The zero-order valence-electron chi connectivity index (χ0n) is 17.9. The number of hydrogen-bond donors (Lipinski definition) is 1. The first-order valence-corrected chi connectivity index (χ1v) is 11.8. The maximum absolute atomic E-state index is 13.1. The first kappa shape index (κ1) is 23.3. The molecule has 0 saturated carbocycles. The third-order valence-corrected chi connectivity index (χ3v) is 7.27. The standard InChI is InChI=1S/C21H33N3O4S/c1-5-7-14-23(15-8-6-2)29(27,28)18-11-9-17(10-12-18)19(25)24-16-13-22-20(26)21(24,3)4/h9-12H,5-8,13-16H2,1-4H3,(H,22,26). The minimum atomic E-state index is -3.60. The van der Waals surface area contributed by atoms with Crippen molar-refractivity contribution in [3.8, 4) is 0 Å². The lowest BCUT2D eigenvalue weighted by atomic mass is 9.97.